The molecule has 4 rings (SSSR count). The number of benzene rings is 1. The number of rotatable bonds is 5. The first-order valence-electron chi connectivity index (χ1n) is 10.7. The first kappa shape index (κ1) is 24.7. The van der Waals surface area contributed by atoms with Crippen molar-refractivity contribution in [2.45, 2.75) is 49.0 Å². The Labute approximate surface area is 199 Å². The van der Waals surface area contributed by atoms with Crippen LogP contribution >= 0.6 is 0 Å². The lowest BCUT2D eigenvalue weighted by molar-refractivity contribution is 0.100. The number of primary amides is 1. The summed E-state index contributed by atoms with van der Waals surface area (Å²) in [5.41, 5.74) is 4.69. The van der Waals surface area contributed by atoms with E-state index < -0.39 is 55.8 Å². The number of carbonyl (C=O) groups is 2. The highest BCUT2D eigenvalue weighted by atomic mass is 32.2. The molecule has 1 aromatic carbocycles. The van der Waals surface area contributed by atoms with Gasteiger partial charge in [-0.15, -0.1) is 0 Å². The van der Waals surface area contributed by atoms with Gasteiger partial charge in [-0.3, -0.25) is 9.59 Å². The highest BCUT2D eigenvalue weighted by Crippen LogP contribution is 2.45. The molecule has 8 nitrogen and oxygen atoms in total. The fraction of sp³-hybridized carbons (Fsp3) is 0.348. The molecule has 3 aromatic rings. The number of amides is 1. The predicted octanol–water partition coefficient (Wildman–Crippen LogP) is 3.39. The average molecular weight is 509 g/mol. The van der Waals surface area contributed by atoms with Crippen LogP contribution in [0.4, 0.5) is 18.9 Å². The van der Waals surface area contributed by atoms with Gasteiger partial charge in [-0.25, -0.2) is 26.1 Å². The van der Waals surface area contributed by atoms with Crippen LogP contribution in [-0.4, -0.2) is 47.7 Å². The molecule has 1 saturated heterocycles. The van der Waals surface area contributed by atoms with E-state index in [4.69, 9.17) is 5.73 Å². The number of hydrogen-bond donors (Lipinski definition) is 1. The molecule has 1 aliphatic rings. The number of pyridine rings is 1. The Bertz CT molecular complexity index is 1460. The number of carbonyl (C=O) groups excluding carboxylic acids is 2. The zero-order valence-corrected chi connectivity index (χ0v) is 19.9. The van der Waals surface area contributed by atoms with E-state index in [9.17, 15) is 31.2 Å². The maximum atomic E-state index is 14.8. The lowest BCUT2D eigenvalue weighted by Gasteiger charge is -2.32. The van der Waals surface area contributed by atoms with Crippen molar-refractivity contribution in [1.82, 2.24) is 9.61 Å². The molecule has 2 atom stereocenters. The Kier molecular flexibility index (Phi) is 5.90. The van der Waals surface area contributed by atoms with Gasteiger partial charge in [0.05, 0.1) is 39.3 Å². The number of aromatic nitrogens is 2. The Morgan fingerprint density at radius 3 is 2.54 bits per heavy atom. The van der Waals surface area contributed by atoms with Crippen LogP contribution in [0.1, 0.15) is 59.5 Å². The van der Waals surface area contributed by atoms with Crippen molar-refractivity contribution in [2.75, 3.05) is 11.4 Å². The van der Waals surface area contributed by atoms with Crippen molar-refractivity contribution in [3.8, 4) is 0 Å². The quantitative estimate of drug-likeness (QED) is 0.529. The zero-order valence-electron chi connectivity index (χ0n) is 19.1. The number of nitrogens with two attached hydrogens (primary N) is 1. The summed E-state index contributed by atoms with van der Waals surface area (Å²) in [5.74, 6) is -2.69. The van der Waals surface area contributed by atoms with Crippen molar-refractivity contribution >= 4 is 33.2 Å². The molecule has 0 spiro atoms. The van der Waals surface area contributed by atoms with Crippen molar-refractivity contribution in [2.24, 2.45) is 5.73 Å². The second kappa shape index (κ2) is 8.36. The molecule has 12 heteroatoms. The molecule has 0 aliphatic carbocycles. The summed E-state index contributed by atoms with van der Waals surface area (Å²) in [6, 6.07) is 1.55. The second-order valence-electron chi connectivity index (χ2n) is 9.37. The highest BCUT2D eigenvalue weighted by Gasteiger charge is 2.43. The van der Waals surface area contributed by atoms with Crippen molar-refractivity contribution in [3.63, 3.8) is 0 Å². The summed E-state index contributed by atoms with van der Waals surface area (Å²) >= 11 is 0. The maximum absolute atomic E-state index is 14.8. The van der Waals surface area contributed by atoms with Crippen molar-refractivity contribution < 1.29 is 31.2 Å². The molecular formula is C23H23F3N4O4S. The number of alkyl halides is 1. The minimum absolute atomic E-state index is 0.0516. The van der Waals surface area contributed by atoms with Gasteiger partial charge in [-0.05, 0) is 39.0 Å². The number of nitrogens with zero attached hydrogens (tertiary/aromatic N) is 3. The van der Waals surface area contributed by atoms with Gasteiger partial charge in [0, 0.05) is 24.7 Å². The van der Waals surface area contributed by atoms with Gasteiger partial charge in [-0.2, -0.15) is 5.10 Å². The normalized spacial score (nSPS) is 18.9. The Hall–Kier alpha value is -3.41. The van der Waals surface area contributed by atoms with Gasteiger partial charge < -0.3 is 10.6 Å². The van der Waals surface area contributed by atoms with Crippen LogP contribution in [-0.2, 0) is 9.84 Å². The van der Waals surface area contributed by atoms with Crippen LogP contribution in [0.3, 0.4) is 0 Å². The number of aldehydes is 1. The monoisotopic (exact) mass is 508 g/mol. The average Bonchev–Trinajstić information content (AvgIpc) is 3.35. The molecule has 0 bridgehead atoms. The molecule has 1 fully saturated rings. The standard InChI is InChI=1S/C23H23F3N4O4S/c1-23(2,3)35(33,34)18-10-30-20(12(11-31)8-28-30)19(22(27)32)21(18)29-9-14(25)7-17(29)15-6-13(24)4-5-16(15)26/h4-6,8,10-11,14,17H,7,9H2,1-3H3,(H2,27,32)/t14-,17-/m1/s1. The lowest BCUT2D eigenvalue weighted by Crippen LogP contribution is -2.34. The largest absolute Gasteiger partial charge is 0.365 e. The summed E-state index contributed by atoms with van der Waals surface area (Å²) in [6.45, 7) is 3.89. The van der Waals surface area contributed by atoms with Crippen LogP contribution in [0.5, 0.6) is 0 Å². The van der Waals surface area contributed by atoms with Gasteiger partial charge >= 0.3 is 0 Å². The van der Waals surface area contributed by atoms with E-state index in [1.807, 2.05) is 0 Å². The van der Waals surface area contributed by atoms with E-state index in [1.165, 1.54) is 25.7 Å². The molecule has 0 unspecified atom stereocenters. The van der Waals surface area contributed by atoms with Gasteiger partial charge in [0.25, 0.3) is 5.91 Å². The molecule has 2 N–H and O–H groups in total. The third kappa shape index (κ3) is 3.95. The summed E-state index contributed by atoms with van der Waals surface area (Å²) in [4.78, 5) is 25.2. The summed E-state index contributed by atoms with van der Waals surface area (Å²) in [6.07, 6.45) is 0.827. The number of fused-ring (bicyclic) bond motifs is 1. The van der Waals surface area contributed by atoms with Gasteiger partial charge in [0.1, 0.15) is 22.7 Å². The number of halogens is 3. The van der Waals surface area contributed by atoms with Crippen molar-refractivity contribution in [3.05, 3.63) is 58.9 Å². The predicted molar refractivity (Wildman–Crippen MR) is 122 cm³/mol. The van der Waals surface area contributed by atoms with E-state index in [-0.39, 0.29) is 34.3 Å². The first-order chi connectivity index (χ1) is 16.3. The van der Waals surface area contributed by atoms with E-state index in [1.54, 1.807) is 0 Å². The van der Waals surface area contributed by atoms with Gasteiger partial charge in [0.2, 0.25) is 0 Å². The number of anilines is 1. The summed E-state index contributed by atoms with van der Waals surface area (Å²) in [7, 11) is -4.22. The molecule has 2 aromatic heterocycles. The van der Waals surface area contributed by atoms with Crippen LogP contribution < -0.4 is 10.6 Å². The number of hydrogen-bond acceptors (Lipinski definition) is 6. The highest BCUT2D eigenvalue weighted by molar-refractivity contribution is 7.93. The minimum atomic E-state index is -4.22. The van der Waals surface area contributed by atoms with E-state index >= 15 is 0 Å². The fourth-order valence-corrected chi connectivity index (χ4v) is 5.74. The topological polar surface area (TPSA) is 115 Å². The Morgan fingerprint density at radius 2 is 1.94 bits per heavy atom. The Morgan fingerprint density at radius 1 is 1.26 bits per heavy atom. The van der Waals surface area contributed by atoms with Crippen LogP contribution in [0.15, 0.2) is 35.5 Å². The van der Waals surface area contributed by atoms with E-state index in [0.29, 0.717) is 6.29 Å². The molecule has 1 amide bonds. The van der Waals surface area contributed by atoms with Gasteiger partial charge in [-0.1, -0.05) is 0 Å². The van der Waals surface area contributed by atoms with Gasteiger partial charge in [0.15, 0.2) is 16.1 Å². The van der Waals surface area contributed by atoms with Crippen LogP contribution in [0.2, 0.25) is 0 Å². The molecule has 186 valence electrons. The van der Waals surface area contributed by atoms with Crippen LogP contribution in [0.25, 0.3) is 5.52 Å². The molecule has 35 heavy (non-hydrogen) atoms. The molecule has 0 saturated carbocycles. The molecule has 1 aliphatic heterocycles. The Balaban J connectivity index is 2.14. The zero-order chi connectivity index (χ0) is 25.9. The lowest BCUT2D eigenvalue weighted by atomic mass is 10.0. The summed E-state index contributed by atoms with van der Waals surface area (Å²) in [5, 5.41) is 3.99. The first-order valence-corrected chi connectivity index (χ1v) is 12.2. The van der Waals surface area contributed by atoms with E-state index in [2.05, 4.69) is 5.10 Å². The number of sulfone groups is 1. The third-order valence-corrected chi connectivity index (χ3v) is 8.58. The SMILES string of the molecule is CC(C)(C)S(=O)(=O)c1cn2ncc(C=O)c2c(C(N)=O)c1N1C[C@H](F)C[C@@H]1c1cc(F)ccc1F. The minimum Gasteiger partial charge on any atom is -0.365 e. The van der Waals surface area contributed by atoms with Crippen molar-refractivity contribution in [1.29, 1.82) is 0 Å². The third-order valence-electron chi connectivity index (χ3n) is 6.09. The molecule has 3 heterocycles. The summed E-state index contributed by atoms with van der Waals surface area (Å²) < 4.78 is 70.6. The molecule has 0 radical (unpaired) electrons. The van der Waals surface area contributed by atoms with E-state index in [0.717, 1.165) is 35.1 Å². The second-order valence-corrected chi connectivity index (χ2v) is 12.0. The fourth-order valence-electron chi connectivity index (χ4n) is 4.37. The molecular weight excluding hydrogens is 485 g/mol. The van der Waals surface area contributed by atoms with Crippen LogP contribution in [0, 0.1) is 11.6 Å². The smallest absolute Gasteiger partial charge is 0.253 e. The maximum Gasteiger partial charge on any atom is 0.253 e.